The number of benzene rings is 3. The highest BCUT2D eigenvalue weighted by molar-refractivity contribution is 7.99. The Morgan fingerprint density at radius 2 is 1.04 bits per heavy atom. The first-order valence-electron chi connectivity index (χ1n) is 7.73. The Morgan fingerprint density at radius 3 is 1.52 bits per heavy atom. The lowest BCUT2D eigenvalue weighted by atomic mass is 10.2. The summed E-state index contributed by atoms with van der Waals surface area (Å²) in [5, 5.41) is 0. The average Bonchev–Trinajstić information content (AvgIpc) is 2.63. The van der Waals surface area contributed by atoms with Gasteiger partial charge in [-0.1, -0.05) is 29.5 Å². The summed E-state index contributed by atoms with van der Waals surface area (Å²) in [4.78, 5) is 4.01. The van der Waals surface area contributed by atoms with E-state index in [0.717, 1.165) is 15.4 Å². The van der Waals surface area contributed by atoms with Crippen LogP contribution in [0.25, 0.3) is 0 Å². The fourth-order valence-electron chi connectivity index (χ4n) is 2.32. The molecule has 0 aliphatic rings. The zero-order valence-corrected chi connectivity index (χ0v) is 16.4. The predicted octanol–water partition coefficient (Wildman–Crippen LogP) is 5.70. The van der Waals surface area contributed by atoms with E-state index in [0.29, 0.717) is 9.79 Å². The van der Waals surface area contributed by atoms with Crippen LogP contribution in [-0.2, 0) is 9.84 Å². The smallest absolute Gasteiger partial charge is 0.206 e. The first-order valence-corrected chi connectivity index (χ1v) is 11.3. The lowest BCUT2D eigenvalue weighted by Crippen LogP contribution is -2.01. The van der Waals surface area contributed by atoms with Gasteiger partial charge >= 0.3 is 0 Å². The van der Waals surface area contributed by atoms with Crippen LogP contribution in [0.2, 0.25) is 0 Å². The Labute approximate surface area is 157 Å². The van der Waals surface area contributed by atoms with E-state index in [1.165, 1.54) is 4.90 Å². The molecular weight excluding hydrogens is 368 g/mol. The second-order valence-electron chi connectivity index (χ2n) is 5.57. The molecule has 3 aromatic rings. The van der Waals surface area contributed by atoms with Crippen LogP contribution in [0.15, 0.2) is 97.3 Å². The summed E-state index contributed by atoms with van der Waals surface area (Å²) >= 11 is 3.33. The van der Waals surface area contributed by atoms with Crippen LogP contribution in [-0.4, -0.2) is 14.7 Å². The van der Waals surface area contributed by atoms with Gasteiger partial charge < -0.3 is 0 Å². The van der Waals surface area contributed by atoms with Gasteiger partial charge in [0.2, 0.25) is 9.84 Å². The summed E-state index contributed by atoms with van der Waals surface area (Å²) in [6.07, 6.45) is 2.05. The molecule has 0 saturated carbocycles. The monoisotopic (exact) mass is 386 g/mol. The van der Waals surface area contributed by atoms with Crippen LogP contribution in [0, 0.1) is 6.92 Å². The molecule has 2 nitrogen and oxygen atoms in total. The Hall–Kier alpha value is -1.69. The Morgan fingerprint density at radius 1 is 0.640 bits per heavy atom. The fraction of sp³-hybridized carbons (Fsp3) is 0.100. The van der Waals surface area contributed by atoms with E-state index in [9.17, 15) is 8.42 Å². The van der Waals surface area contributed by atoms with Gasteiger partial charge in [0.25, 0.3) is 0 Å². The Balaban J connectivity index is 1.80. The molecule has 0 radical (unpaired) electrons. The number of thioether (sulfide) groups is 1. The maximum atomic E-state index is 12.7. The molecule has 0 fully saturated rings. The van der Waals surface area contributed by atoms with Crippen LogP contribution in [0.4, 0.5) is 0 Å². The zero-order chi connectivity index (χ0) is 17.9. The molecular formula is C20H18O2S3. The van der Waals surface area contributed by atoms with E-state index >= 15 is 0 Å². The summed E-state index contributed by atoms with van der Waals surface area (Å²) in [6, 6.07) is 22.3. The summed E-state index contributed by atoms with van der Waals surface area (Å²) in [5.74, 6) is 0. The van der Waals surface area contributed by atoms with Crippen molar-refractivity contribution in [1.29, 1.82) is 0 Å². The molecule has 5 heteroatoms. The molecule has 0 unspecified atom stereocenters. The van der Waals surface area contributed by atoms with Crippen molar-refractivity contribution >= 4 is 33.4 Å². The highest BCUT2D eigenvalue weighted by atomic mass is 32.2. The largest absolute Gasteiger partial charge is 0.219 e. The number of sulfone groups is 1. The van der Waals surface area contributed by atoms with E-state index < -0.39 is 9.84 Å². The van der Waals surface area contributed by atoms with Crippen molar-refractivity contribution in [2.75, 3.05) is 6.26 Å². The first-order chi connectivity index (χ1) is 12.0. The normalized spacial score (nSPS) is 11.4. The van der Waals surface area contributed by atoms with E-state index in [2.05, 4.69) is 30.5 Å². The third-order valence-corrected chi connectivity index (χ3v) is 7.31. The lowest BCUT2D eigenvalue weighted by molar-refractivity contribution is 0.596. The Kier molecular flexibility index (Phi) is 5.57. The van der Waals surface area contributed by atoms with E-state index in [1.54, 1.807) is 47.8 Å². The van der Waals surface area contributed by atoms with Crippen molar-refractivity contribution < 1.29 is 8.42 Å². The summed E-state index contributed by atoms with van der Waals surface area (Å²) in [5.41, 5.74) is 1.04. The number of rotatable bonds is 5. The average molecular weight is 387 g/mol. The molecule has 3 aromatic carbocycles. The molecule has 0 N–H and O–H groups in total. The third-order valence-electron chi connectivity index (χ3n) is 3.76. The number of hydrogen-bond donors (Lipinski definition) is 0. The van der Waals surface area contributed by atoms with Crippen LogP contribution >= 0.6 is 23.5 Å². The molecule has 3 rings (SSSR count). The molecule has 0 spiro atoms. The zero-order valence-electron chi connectivity index (χ0n) is 14.0. The molecule has 25 heavy (non-hydrogen) atoms. The van der Waals surface area contributed by atoms with Gasteiger partial charge in [0, 0.05) is 14.7 Å². The van der Waals surface area contributed by atoms with Gasteiger partial charge in [0.05, 0.1) is 9.79 Å². The van der Waals surface area contributed by atoms with Gasteiger partial charge in [-0.25, -0.2) is 8.42 Å². The molecule has 0 heterocycles. The predicted molar refractivity (Wildman–Crippen MR) is 105 cm³/mol. The van der Waals surface area contributed by atoms with Gasteiger partial charge in [-0.05, 0) is 73.8 Å². The minimum absolute atomic E-state index is 0.318. The minimum atomic E-state index is -3.47. The maximum Gasteiger partial charge on any atom is 0.206 e. The standard InChI is InChI=1S/C20H18O2S3/c1-15-3-11-19(12-4-15)25(21,22)20-13-9-18(10-14-20)24-17-7-5-16(23-2)6-8-17/h3-14H,1-2H3. The highest BCUT2D eigenvalue weighted by Crippen LogP contribution is 2.30. The van der Waals surface area contributed by atoms with Gasteiger partial charge in [-0.2, -0.15) is 0 Å². The molecule has 0 amide bonds. The highest BCUT2D eigenvalue weighted by Gasteiger charge is 2.17. The van der Waals surface area contributed by atoms with Crippen LogP contribution in [0.5, 0.6) is 0 Å². The SMILES string of the molecule is CSc1ccc(Sc2ccc(S(=O)(=O)c3ccc(C)cc3)cc2)cc1. The lowest BCUT2D eigenvalue weighted by Gasteiger charge is -2.07. The fourth-order valence-corrected chi connectivity index (χ4v) is 4.81. The maximum absolute atomic E-state index is 12.7. The third kappa shape index (κ3) is 4.29. The van der Waals surface area contributed by atoms with Crippen LogP contribution < -0.4 is 0 Å². The van der Waals surface area contributed by atoms with Crippen molar-refractivity contribution in [3.05, 3.63) is 78.4 Å². The first kappa shape index (κ1) is 18.1. The van der Waals surface area contributed by atoms with Gasteiger partial charge in [0.1, 0.15) is 0 Å². The molecule has 0 aliphatic carbocycles. The topological polar surface area (TPSA) is 34.1 Å². The van der Waals surface area contributed by atoms with Crippen LogP contribution in [0.3, 0.4) is 0 Å². The molecule has 0 saturated heterocycles. The minimum Gasteiger partial charge on any atom is -0.219 e. The molecule has 0 bridgehead atoms. The summed E-state index contributed by atoms with van der Waals surface area (Å²) in [7, 11) is -3.47. The van der Waals surface area contributed by atoms with Crippen molar-refractivity contribution in [2.24, 2.45) is 0 Å². The van der Waals surface area contributed by atoms with Crippen molar-refractivity contribution in [1.82, 2.24) is 0 Å². The van der Waals surface area contributed by atoms with Crippen molar-refractivity contribution in [3.8, 4) is 0 Å². The number of hydrogen-bond acceptors (Lipinski definition) is 4. The second-order valence-corrected chi connectivity index (χ2v) is 9.54. The number of aryl methyl sites for hydroxylation is 1. The van der Waals surface area contributed by atoms with Gasteiger partial charge in [-0.15, -0.1) is 11.8 Å². The van der Waals surface area contributed by atoms with Gasteiger partial charge in [-0.3, -0.25) is 0 Å². The van der Waals surface area contributed by atoms with E-state index in [1.807, 2.05) is 31.2 Å². The molecule has 128 valence electrons. The quantitative estimate of drug-likeness (QED) is 0.527. The summed E-state index contributed by atoms with van der Waals surface area (Å²) < 4.78 is 25.4. The second kappa shape index (κ2) is 7.68. The van der Waals surface area contributed by atoms with Crippen molar-refractivity contribution in [3.63, 3.8) is 0 Å². The van der Waals surface area contributed by atoms with E-state index in [-0.39, 0.29) is 0 Å². The molecule has 0 atom stereocenters. The van der Waals surface area contributed by atoms with E-state index in [4.69, 9.17) is 0 Å². The van der Waals surface area contributed by atoms with Gasteiger partial charge in [0.15, 0.2) is 0 Å². The van der Waals surface area contributed by atoms with Crippen LogP contribution in [0.1, 0.15) is 5.56 Å². The Bertz CT molecular complexity index is 943. The summed E-state index contributed by atoms with van der Waals surface area (Å²) in [6.45, 7) is 1.94. The molecule has 0 aliphatic heterocycles. The molecule has 0 aromatic heterocycles. The van der Waals surface area contributed by atoms with Crippen molar-refractivity contribution in [2.45, 2.75) is 31.4 Å².